The molecule has 0 aliphatic heterocycles. The molecule has 0 aliphatic carbocycles. The molecular weight excluding hydrogens is 260 g/mol. The van der Waals surface area contributed by atoms with Gasteiger partial charge in [-0.25, -0.2) is 0 Å². The molecular formula is C16H13ClO2. The highest BCUT2D eigenvalue weighted by Crippen LogP contribution is 2.29. The fourth-order valence-electron chi connectivity index (χ4n) is 2.08. The highest BCUT2D eigenvalue weighted by atomic mass is 35.5. The predicted molar refractivity (Wildman–Crippen MR) is 76.5 cm³/mol. The van der Waals surface area contributed by atoms with E-state index in [1.807, 2.05) is 49.4 Å². The second kappa shape index (κ2) is 4.72. The van der Waals surface area contributed by atoms with E-state index < -0.39 is 6.10 Å². The number of aliphatic hydroxyl groups is 1. The Bertz CT molecular complexity index is 713. The summed E-state index contributed by atoms with van der Waals surface area (Å²) in [4.78, 5) is 0. The van der Waals surface area contributed by atoms with Crippen LogP contribution in [-0.2, 0) is 0 Å². The molecule has 1 atom stereocenters. The van der Waals surface area contributed by atoms with Gasteiger partial charge < -0.3 is 9.52 Å². The summed E-state index contributed by atoms with van der Waals surface area (Å²) in [5.74, 6) is 0.529. The number of furan rings is 1. The standard InChI is InChI=1S/C16H13ClO2/c1-10-2-4-11(5-3-10)16(18)15-9-12-8-13(17)6-7-14(12)19-15/h2-9,16,18H,1H3. The number of halogens is 1. The number of fused-ring (bicyclic) bond motifs is 1. The zero-order valence-corrected chi connectivity index (χ0v) is 11.2. The van der Waals surface area contributed by atoms with E-state index in [1.165, 1.54) is 0 Å². The molecule has 3 rings (SSSR count). The van der Waals surface area contributed by atoms with Crippen molar-refractivity contribution in [2.45, 2.75) is 13.0 Å². The lowest BCUT2D eigenvalue weighted by Gasteiger charge is -2.07. The van der Waals surface area contributed by atoms with Crippen molar-refractivity contribution >= 4 is 22.6 Å². The van der Waals surface area contributed by atoms with Crippen LogP contribution in [-0.4, -0.2) is 5.11 Å². The normalized spacial score (nSPS) is 12.8. The molecule has 0 amide bonds. The Balaban J connectivity index is 2.01. The Hall–Kier alpha value is -1.77. The summed E-state index contributed by atoms with van der Waals surface area (Å²) in [6.07, 6.45) is -0.758. The van der Waals surface area contributed by atoms with Crippen molar-refractivity contribution in [2.75, 3.05) is 0 Å². The van der Waals surface area contributed by atoms with Crippen LogP contribution in [0, 0.1) is 6.92 Å². The Kier molecular flexibility index (Phi) is 3.05. The maximum atomic E-state index is 10.3. The van der Waals surface area contributed by atoms with Gasteiger partial charge in [-0.3, -0.25) is 0 Å². The van der Waals surface area contributed by atoms with Crippen LogP contribution in [0.3, 0.4) is 0 Å². The quantitative estimate of drug-likeness (QED) is 0.746. The molecule has 0 spiro atoms. The van der Waals surface area contributed by atoms with Crippen LogP contribution < -0.4 is 0 Å². The van der Waals surface area contributed by atoms with Gasteiger partial charge in [-0.2, -0.15) is 0 Å². The largest absolute Gasteiger partial charge is 0.458 e. The molecule has 0 saturated carbocycles. The number of benzene rings is 2. The van der Waals surface area contributed by atoms with Crippen LogP contribution in [0.4, 0.5) is 0 Å². The zero-order chi connectivity index (χ0) is 13.4. The van der Waals surface area contributed by atoms with Crippen LogP contribution in [0.1, 0.15) is 23.0 Å². The summed E-state index contributed by atoms with van der Waals surface area (Å²) in [6.45, 7) is 2.01. The molecule has 3 heteroatoms. The fraction of sp³-hybridized carbons (Fsp3) is 0.125. The molecule has 2 aromatic carbocycles. The smallest absolute Gasteiger partial charge is 0.138 e. The first kappa shape index (κ1) is 12.3. The minimum Gasteiger partial charge on any atom is -0.458 e. The van der Waals surface area contributed by atoms with Crippen LogP contribution in [0.25, 0.3) is 11.0 Å². The maximum Gasteiger partial charge on any atom is 0.138 e. The highest BCUT2D eigenvalue weighted by Gasteiger charge is 2.15. The van der Waals surface area contributed by atoms with Gasteiger partial charge in [0.2, 0.25) is 0 Å². The molecule has 96 valence electrons. The number of aliphatic hydroxyl groups excluding tert-OH is 1. The molecule has 1 aromatic heterocycles. The van der Waals surface area contributed by atoms with Crippen molar-refractivity contribution in [2.24, 2.45) is 0 Å². The Morgan fingerprint density at radius 3 is 2.53 bits per heavy atom. The van der Waals surface area contributed by atoms with Crippen LogP contribution in [0.15, 0.2) is 52.9 Å². The lowest BCUT2D eigenvalue weighted by Crippen LogP contribution is -1.97. The predicted octanol–water partition coefficient (Wildman–Crippen LogP) is 4.48. The van der Waals surface area contributed by atoms with E-state index in [2.05, 4.69) is 0 Å². The maximum absolute atomic E-state index is 10.3. The third-order valence-electron chi connectivity index (χ3n) is 3.16. The minimum absolute atomic E-state index is 0.529. The number of aryl methyl sites for hydroxylation is 1. The van der Waals surface area contributed by atoms with Gasteiger partial charge in [0.1, 0.15) is 17.4 Å². The molecule has 0 fully saturated rings. The van der Waals surface area contributed by atoms with Gasteiger partial charge >= 0.3 is 0 Å². The summed E-state index contributed by atoms with van der Waals surface area (Å²) >= 11 is 5.94. The average molecular weight is 273 g/mol. The summed E-state index contributed by atoms with van der Waals surface area (Å²) in [5, 5.41) is 11.9. The van der Waals surface area contributed by atoms with E-state index in [9.17, 15) is 5.11 Å². The summed E-state index contributed by atoms with van der Waals surface area (Å²) in [7, 11) is 0. The number of hydrogen-bond donors (Lipinski definition) is 1. The lowest BCUT2D eigenvalue weighted by atomic mass is 10.1. The summed E-state index contributed by atoms with van der Waals surface area (Å²) < 4.78 is 5.66. The zero-order valence-electron chi connectivity index (χ0n) is 10.4. The topological polar surface area (TPSA) is 33.4 Å². The van der Waals surface area contributed by atoms with E-state index >= 15 is 0 Å². The van der Waals surface area contributed by atoms with Crippen molar-refractivity contribution in [3.05, 3.63) is 70.4 Å². The fourth-order valence-corrected chi connectivity index (χ4v) is 2.26. The van der Waals surface area contributed by atoms with Gasteiger partial charge in [-0.05, 0) is 36.8 Å². The first-order valence-corrected chi connectivity index (χ1v) is 6.45. The first-order chi connectivity index (χ1) is 9.13. The van der Waals surface area contributed by atoms with Gasteiger partial charge in [0.05, 0.1) is 0 Å². The van der Waals surface area contributed by atoms with Crippen molar-refractivity contribution in [3.63, 3.8) is 0 Å². The van der Waals surface area contributed by atoms with Crippen LogP contribution >= 0.6 is 11.6 Å². The SMILES string of the molecule is Cc1ccc(C(O)c2cc3cc(Cl)ccc3o2)cc1. The number of hydrogen-bond acceptors (Lipinski definition) is 2. The van der Waals surface area contributed by atoms with E-state index in [1.54, 1.807) is 6.07 Å². The Morgan fingerprint density at radius 1 is 1.05 bits per heavy atom. The van der Waals surface area contributed by atoms with E-state index in [4.69, 9.17) is 16.0 Å². The second-order valence-electron chi connectivity index (χ2n) is 4.64. The summed E-state index contributed by atoms with van der Waals surface area (Å²) in [6, 6.07) is 15.0. The monoisotopic (exact) mass is 272 g/mol. The minimum atomic E-state index is -0.758. The highest BCUT2D eigenvalue weighted by molar-refractivity contribution is 6.31. The van der Waals surface area contributed by atoms with E-state index in [0.717, 1.165) is 22.1 Å². The Labute approximate surface area is 116 Å². The Morgan fingerprint density at radius 2 is 1.79 bits per heavy atom. The van der Waals surface area contributed by atoms with Gasteiger partial charge in [-0.1, -0.05) is 41.4 Å². The third-order valence-corrected chi connectivity index (χ3v) is 3.40. The van der Waals surface area contributed by atoms with Crippen LogP contribution in [0.5, 0.6) is 0 Å². The first-order valence-electron chi connectivity index (χ1n) is 6.07. The molecule has 1 heterocycles. The van der Waals surface area contributed by atoms with Gasteiger partial charge in [0, 0.05) is 10.4 Å². The average Bonchev–Trinajstić information content (AvgIpc) is 2.81. The molecule has 2 nitrogen and oxygen atoms in total. The molecule has 0 radical (unpaired) electrons. The van der Waals surface area contributed by atoms with Gasteiger partial charge in [0.25, 0.3) is 0 Å². The van der Waals surface area contributed by atoms with Gasteiger partial charge in [-0.15, -0.1) is 0 Å². The van der Waals surface area contributed by atoms with E-state index in [0.29, 0.717) is 10.8 Å². The lowest BCUT2D eigenvalue weighted by molar-refractivity contribution is 0.192. The third kappa shape index (κ3) is 2.37. The molecule has 1 N–H and O–H groups in total. The molecule has 0 saturated heterocycles. The molecule has 0 aliphatic rings. The van der Waals surface area contributed by atoms with Gasteiger partial charge in [0.15, 0.2) is 0 Å². The molecule has 1 unspecified atom stereocenters. The molecule has 0 bridgehead atoms. The van der Waals surface area contributed by atoms with Crippen molar-refractivity contribution in [1.29, 1.82) is 0 Å². The van der Waals surface area contributed by atoms with E-state index in [-0.39, 0.29) is 0 Å². The number of rotatable bonds is 2. The van der Waals surface area contributed by atoms with Crippen molar-refractivity contribution < 1.29 is 9.52 Å². The van der Waals surface area contributed by atoms with Crippen molar-refractivity contribution in [3.8, 4) is 0 Å². The summed E-state index contributed by atoms with van der Waals surface area (Å²) in [5.41, 5.74) is 2.70. The van der Waals surface area contributed by atoms with Crippen LogP contribution in [0.2, 0.25) is 5.02 Å². The van der Waals surface area contributed by atoms with Crippen molar-refractivity contribution in [1.82, 2.24) is 0 Å². The molecule has 3 aromatic rings. The second-order valence-corrected chi connectivity index (χ2v) is 5.08. The molecule has 19 heavy (non-hydrogen) atoms.